The SMILES string of the molecule is Cc1ccc(C)c(C(C(=O)NC2CCCCC2)N(C(=O)C(CC(N)=O)NC(=O)OC(C)(C)C)C2CC2C)c1. The highest BCUT2D eigenvalue weighted by molar-refractivity contribution is 5.95. The Balaban J connectivity index is 2.01. The van der Waals surface area contributed by atoms with Gasteiger partial charge >= 0.3 is 6.09 Å². The second kappa shape index (κ2) is 12.2. The molecule has 38 heavy (non-hydrogen) atoms. The minimum atomic E-state index is -1.26. The van der Waals surface area contributed by atoms with Crippen molar-refractivity contribution in [2.24, 2.45) is 11.7 Å². The van der Waals surface area contributed by atoms with E-state index in [2.05, 4.69) is 10.6 Å². The Hall–Kier alpha value is -3.10. The number of carbonyl (C=O) groups excluding carboxylic acids is 4. The molecule has 9 heteroatoms. The Morgan fingerprint density at radius 1 is 1.11 bits per heavy atom. The Labute approximate surface area is 226 Å². The molecule has 9 nitrogen and oxygen atoms in total. The Kier molecular flexibility index (Phi) is 9.44. The van der Waals surface area contributed by atoms with Crippen molar-refractivity contribution < 1.29 is 23.9 Å². The van der Waals surface area contributed by atoms with Gasteiger partial charge in [-0.05, 0) is 70.9 Å². The lowest BCUT2D eigenvalue weighted by atomic mass is 9.93. The van der Waals surface area contributed by atoms with Gasteiger partial charge in [-0.25, -0.2) is 4.79 Å². The molecular weight excluding hydrogens is 484 g/mol. The number of primary amides is 1. The van der Waals surface area contributed by atoms with Crippen molar-refractivity contribution in [3.8, 4) is 0 Å². The average molecular weight is 529 g/mol. The number of aryl methyl sites for hydroxylation is 2. The van der Waals surface area contributed by atoms with E-state index in [1.54, 1.807) is 25.7 Å². The number of amides is 4. The molecule has 3 rings (SSSR count). The lowest BCUT2D eigenvalue weighted by Crippen LogP contribution is -2.55. The van der Waals surface area contributed by atoms with Gasteiger partial charge in [0.05, 0.1) is 6.42 Å². The van der Waals surface area contributed by atoms with Crippen LogP contribution in [0.4, 0.5) is 4.79 Å². The summed E-state index contributed by atoms with van der Waals surface area (Å²) in [5.74, 6) is -1.33. The first kappa shape index (κ1) is 29.5. The van der Waals surface area contributed by atoms with Gasteiger partial charge in [0.25, 0.3) is 0 Å². The van der Waals surface area contributed by atoms with E-state index in [0.29, 0.717) is 0 Å². The predicted molar refractivity (Wildman–Crippen MR) is 145 cm³/mol. The molecule has 0 bridgehead atoms. The number of hydrogen-bond acceptors (Lipinski definition) is 5. The number of nitrogens with two attached hydrogens (primary N) is 1. The highest BCUT2D eigenvalue weighted by atomic mass is 16.6. The number of hydrogen-bond donors (Lipinski definition) is 3. The third-order valence-electron chi connectivity index (χ3n) is 7.28. The van der Waals surface area contributed by atoms with Gasteiger partial charge in [-0.3, -0.25) is 14.4 Å². The highest BCUT2D eigenvalue weighted by Crippen LogP contribution is 2.41. The van der Waals surface area contributed by atoms with Crippen molar-refractivity contribution in [2.45, 2.75) is 116 Å². The van der Waals surface area contributed by atoms with Crippen molar-refractivity contribution >= 4 is 23.8 Å². The van der Waals surface area contributed by atoms with Gasteiger partial charge in [0.1, 0.15) is 17.7 Å². The molecule has 0 aromatic heterocycles. The maximum absolute atomic E-state index is 14.2. The van der Waals surface area contributed by atoms with Crippen LogP contribution in [0.25, 0.3) is 0 Å². The van der Waals surface area contributed by atoms with E-state index in [0.717, 1.165) is 55.2 Å². The third kappa shape index (κ3) is 7.95. The van der Waals surface area contributed by atoms with E-state index in [9.17, 15) is 19.2 Å². The summed E-state index contributed by atoms with van der Waals surface area (Å²) >= 11 is 0. The first-order chi connectivity index (χ1) is 17.8. The molecule has 4 atom stereocenters. The lowest BCUT2D eigenvalue weighted by Gasteiger charge is -2.36. The molecule has 0 spiro atoms. The molecule has 4 N–H and O–H groups in total. The van der Waals surface area contributed by atoms with Gasteiger partial charge in [-0.2, -0.15) is 0 Å². The molecular formula is C29H44N4O5. The minimum absolute atomic E-state index is 0.0544. The van der Waals surface area contributed by atoms with Gasteiger partial charge in [0.2, 0.25) is 17.7 Å². The summed E-state index contributed by atoms with van der Waals surface area (Å²) in [5.41, 5.74) is 7.28. The van der Waals surface area contributed by atoms with E-state index in [1.807, 2.05) is 39.0 Å². The molecule has 210 valence electrons. The molecule has 4 unspecified atom stereocenters. The standard InChI is InChI=1S/C29H44N4O5/c1-17-12-13-18(2)21(14-17)25(26(35)31-20-10-8-7-9-11-20)33(23-15-19(23)3)27(36)22(16-24(30)34)32-28(37)38-29(4,5)6/h12-14,19-20,22-23,25H,7-11,15-16H2,1-6H3,(H2,30,34)(H,31,35)(H,32,37). The van der Waals surface area contributed by atoms with Crippen LogP contribution < -0.4 is 16.4 Å². The maximum Gasteiger partial charge on any atom is 0.408 e. The number of alkyl carbamates (subject to hydrolysis) is 1. The summed E-state index contributed by atoms with van der Waals surface area (Å²) in [7, 11) is 0. The molecule has 0 radical (unpaired) electrons. The van der Waals surface area contributed by atoms with Crippen LogP contribution in [-0.2, 0) is 19.1 Å². The molecule has 1 aromatic carbocycles. The molecule has 4 amide bonds. The lowest BCUT2D eigenvalue weighted by molar-refractivity contribution is -0.144. The fraction of sp³-hybridized carbons (Fsp3) is 0.655. The van der Waals surface area contributed by atoms with Crippen molar-refractivity contribution in [2.75, 3.05) is 0 Å². The van der Waals surface area contributed by atoms with Gasteiger partial charge in [0.15, 0.2) is 0 Å². The third-order valence-corrected chi connectivity index (χ3v) is 7.28. The van der Waals surface area contributed by atoms with Crippen LogP contribution in [0.2, 0.25) is 0 Å². The molecule has 0 heterocycles. The van der Waals surface area contributed by atoms with Gasteiger partial charge in [-0.15, -0.1) is 0 Å². The highest BCUT2D eigenvalue weighted by Gasteiger charge is 2.49. The largest absolute Gasteiger partial charge is 0.444 e. The number of ether oxygens (including phenoxy) is 1. The first-order valence-electron chi connectivity index (χ1n) is 13.7. The molecule has 2 aliphatic rings. The Bertz CT molecular complexity index is 1040. The van der Waals surface area contributed by atoms with Gasteiger partial charge < -0.3 is 26.0 Å². The summed E-state index contributed by atoms with van der Waals surface area (Å²) in [6.45, 7) is 11.0. The first-order valence-corrected chi connectivity index (χ1v) is 13.7. The minimum Gasteiger partial charge on any atom is -0.444 e. The van der Waals surface area contributed by atoms with Crippen LogP contribution in [0.1, 0.15) is 95.4 Å². The fourth-order valence-corrected chi connectivity index (χ4v) is 5.20. The van der Waals surface area contributed by atoms with Crippen molar-refractivity contribution in [3.05, 3.63) is 34.9 Å². The second-order valence-corrected chi connectivity index (χ2v) is 12.0. The van der Waals surface area contributed by atoms with Gasteiger partial charge in [-0.1, -0.05) is 49.9 Å². The predicted octanol–water partition coefficient (Wildman–Crippen LogP) is 3.80. The summed E-state index contributed by atoms with van der Waals surface area (Å²) in [5, 5.41) is 5.76. The zero-order valence-electron chi connectivity index (χ0n) is 23.6. The number of benzene rings is 1. The van der Waals surface area contributed by atoms with Crippen LogP contribution in [0.5, 0.6) is 0 Å². The zero-order chi connectivity index (χ0) is 28.2. The van der Waals surface area contributed by atoms with Crippen LogP contribution in [0, 0.1) is 19.8 Å². The molecule has 0 saturated heterocycles. The molecule has 2 fully saturated rings. The molecule has 1 aromatic rings. The van der Waals surface area contributed by atoms with Crippen LogP contribution in [-0.4, -0.2) is 52.4 Å². The summed E-state index contributed by atoms with van der Waals surface area (Å²) in [4.78, 5) is 54.4. The fourth-order valence-electron chi connectivity index (χ4n) is 5.20. The molecule has 0 aliphatic heterocycles. The number of nitrogens with one attached hydrogen (secondary N) is 2. The number of carbonyl (C=O) groups is 4. The zero-order valence-corrected chi connectivity index (χ0v) is 23.6. The maximum atomic E-state index is 14.2. The summed E-state index contributed by atoms with van der Waals surface area (Å²) < 4.78 is 5.35. The van der Waals surface area contributed by atoms with Gasteiger partial charge in [0, 0.05) is 12.1 Å². The smallest absolute Gasteiger partial charge is 0.408 e. The Morgan fingerprint density at radius 2 is 1.74 bits per heavy atom. The average Bonchev–Trinajstić information content (AvgIpc) is 3.53. The summed E-state index contributed by atoms with van der Waals surface area (Å²) in [6.07, 6.45) is 4.58. The van der Waals surface area contributed by atoms with E-state index < -0.39 is 42.0 Å². The van der Waals surface area contributed by atoms with E-state index in [-0.39, 0.29) is 23.9 Å². The molecule has 2 aliphatic carbocycles. The number of nitrogens with zero attached hydrogens (tertiary/aromatic N) is 1. The van der Waals surface area contributed by atoms with Crippen LogP contribution >= 0.6 is 0 Å². The van der Waals surface area contributed by atoms with E-state index in [1.165, 1.54) is 0 Å². The Morgan fingerprint density at radius 3 is 2.29 bits per heavy atom. The monoisotopic (exact) mass is 528 g/mol. The quantitative estimate of drug-likeness (QED) is 0.449. The topological polar surface area (TPSA) is 131 Å². The van der Waals surface area contributed by atoms with E-state index >= 15 is 0 Å². The normalized spacial score (nSPS) is 21.1. The number of rotatable bonds is 9. The van der Waals surface area contributed by atoms with E-state index in [4.69, 9.17) is 10.5 Å². The van der Waals surface area contributed by atoms with Crippen molar-refractivity contribution in [3.63, 3.8) is 0 Å². The summed E-state index contributed by atoms with van der Waals surface area (Å²) in [6, 6.07) is 3.54. The second-order valence-electron chi connectivity index (χ2n) is 12.0. The van der Waals surface area contributed by atoms with Crippen molar-refractivity contribution in [1.29, 1.82) is 0 Å². The van der Waals surface area contributed by atoms with Crippen LogP contribution in [0.15, 0.2) is 18.2 Å². The van der Waals surface area contributed by atoms with Crippen molar-refractivity contribution in [1.82, 2.24) is 15.5 Å². The van der Waals surface area contributed by atoms with Crippen LogP contribution in [0.3, 0.4) is 0 Å². The molecule has 2 saturated carbocycles.